The van der Waals surface area contributed by atoms with Crippen molar-refractivity contribution in [3.8, 4) is 0 Å². The summed E-state index contributed by atoms with van der Waals surface area (Å²) in [5.41, 5.74) is 2.48. The maximum absolute atomic E-state index is 4.42. The molecule has 2 aromatic heterocycles. The van der Waals surface area contributed by atoms with E-state index in [0.717, 1.165) is 29.7 Å². The van der Waals surface area contributed by atoms with Crippen molar-refractivity contribution in [2.45, 2.75) is 26.4 Å². The molecule has 2 heterocycles. The summed E-state index contributed by atoms with van der Waals surface area (Å²) in [4.78, 5) is 5.76. The van der Waals surface area contributed by atoms with Gasteiger partial charge in [0.25, 0.3) is 0 Å². The molecule has 0 aliphatic carbocycles. The predicted molar refractivity (Wildman–Crippen MR) is 76.2 cm³/mol. The second-order valence-corrected chi connectivity index (χ2v) is 5.71. The first-order valence-electron chi connectivity index (χ1n) is 5.66. The zero-order chi connectivity index (χ0) is 12.1. The molecule has 0 fully saturated rings. The lowest BCUT2D eigenvalue weighted by Crippen LogP contribution is -2.14. The quantitative estimate of drug-likeness (QED) is 0.909. The van der Waals surface area contributed by atoms with Crippen molar-refractivity contribution < 1.29 is 0 Å². The molecule has 0 bridgehead atoms. The summed E-state index contributed by atoms with van der Waals surface area (Å²) >= 11 is 5.23. The maximum Gasteiger partial charge on any atom is 0.0573 e. The number of pyridine rings is 1. The third-order valence-electron chi connectivity index (χ3n) is 2.58. The van der Waals surface area contributed by atoms with Crippen LogP contribution >= 0.6 is 27.3 Å². The van der Waals surface area contributed by atoms with Crippen molar-refractivity contribution in [2.75, 3.05) is 0 Å². The van der Waals surface area contributed by atoms with Crippen molar-refractivity contribution in [3.05, 3.63) is 50.4 Å². The van der Waals surface area contributed by atoms with E-state index in [9.17, 15) is 0 Å². The molecule has 0 saturated heterocycles. The first-order chi connectivity index (χ1) is 8.29. The van der Waals surface area contributed by atoms with Gasteiger partial charge in [-0.15, -0.1) is 11.3 Å². The fourth-order valence-electron chi connectivity index (χ4n) is 1.70. The monoisotopic (exact) mass is 310 g/mol. The highest BCUT2D eigenvalue weighted by molar-refractivity contribution is 9.10. The summed E-state index contributed by atoms with van der Waals surface area (Å²) in [5.74, 6) is 0. The van der Waals surface area contributed by atoms with Gasteiger partial charge >= 0.3 is 0 Å². The van der Waals surface area contributed by atoms with Crippen LogP contribution in [0.4, 0.5) is 0 Å². The van der Waals surface area contributed by atoms with E-state index in [1.165, 1.54) is 10.4 Å². The number of rotatable bonds is 5. The van der Waals surface area contributed by atoms with E-state index < -0.39 is 0 Å². The van der Waals surface area contributed by atoms with Gasteiger partial charge < -0.3 is 5.32 Å². The zero-order valence-electron chi connectivity index (χ0n) is 9.74. The number of thiophene rings is 1. The summed E-state index contributed by atoms with van der Waals surface area (Å²) in [6, 6.07) is 6.29. The standard InChI is InChI=1S/C13H15BrN2S/c1-2-10-4-3-5-16-13(10)8-15-7-12-6-11(14)9-17-12/h3-6,9,15H,2,7-8H2,1H3. The molecule has 0 aliphatic rings. The van der Waals surface area contributed by atoms with Crippen molar-refractivity contribution in [1.82, 2.24) is 10.3 Å². The second kappa shape index (κ2) is 6.28. The minimum absolute atomic E-state index is 0.833. The molecule has 0 radical (unpaired) electrons. The highest BCUT2D eigenvalue weighted by atomic mass is 79.9. The SMILES string of the molecule is CCc1cccnc1CNCc1cc(Br)cs1. The van der Waals surface area contributed by atoms with Gasteiger partial charge in [-0.1, -0.05) is 13.0 Å². The number of hydrogen-bond acceptors (Lipinski definition) is 3. The number of nitrogens with one attached hydrogen (secondary N) is 1. The van der Waals surface area contributed by atoms with Gasteiger partial charge in [-0.05, 0) is 40.0 Å². The second-order valence-electron chi connectivity index (χ2n) is 3.80. The molecule has 17 heavy (non-hydrogen) atoms. The van der Waals surface area contributed by atoms with Crippen LogP contribution in [0, 0.1) is 0 Å². The molecular weight excluding hydrogens is 296 g/mol. The average Bonchev–Trinajstić information content (AvgIpc) is 2.76. The number of aryl methyl sites for hydroxylation is 1. The van der Waals surface area contributed by atoms with E-state index in [4.69, 9.17) is 0 Å². The van der Waals surface area contributed by atoms with E-state index in [1.54, 1.807) is 11.3 Å². The fourth-order valence-corrected chi connectivity index (χ4v) is 3.12. The number of halogens is 1. The van der Waals surface area contributed by atoms with Gasteiger partial charge in [-0.3, -0.25) is 4.98 Å². The number of aromatic nitrogens is 1. The third kappa shape index (κ3) is 3.63. The van der Waals surface area contributed by atoms with Crippen LogP contribution in [0.2, 0.25) is 0 Å². The normalized spacial score (nSPS) is 10.7. The molecule has 1 N–H and O–H groups in total. The lowest BCUT2D eigenvalue weighted by molar-refractivity contribution is 0.680. The third-order valence-corrected chi connectivity index (χ3v) is 4.28. The molecule has 4 heteroatoms. The summed E-state index contributed by atoms with van der Waals surface area (Å²) in [6.45, 7) is 3.90. The molecule has 0 aliphatic heterocycles. The Labute approximate surface area is 114 Å². The summed E-state index contributed by atoms with van der Waals surface area (Å²) in [7, 11) is 0. The van der Waals surface area contributed by atoms with Crippen molar-refractivity contribution in [3.63, 3.8) is 0 Å². The van der Waals surface area contributed by atoms with Crippen molar-refractivity contribution >= 4 is 27.3 Å². The average molecular weight is 311 g/mol. The first-order valence-corrected chi connectivity index (χ1v) is 7.33. The maximum atomic E-state index is 4.42. The Kier molecular flexibility index (Phi) is 4.71. The van der Waals surface area contributed by atoms with Crippen LogP contribution in [0.15, 0.2) is 34.2 Å². The van der Waals surface area contributed by atoms with Crippen LogP contribution < -0.4 is 5.32 Å². The molecule has 90 valence electrons. The van der Waals surface area contributed by atoms with Crippen molar-refractivity contribution in [2.24, 2.45) is 0 Å². The molecule has 2 nitrogen and oxygen atoms in total. The van der Waals surface area contributed by atoms with E-state index in [1.807, 2.05) is 12.3 Å². The largest absolute Gasteiger partial charge is 0.306 e. The lowest BCUT2D eigenvalue weighted by Gasteiger charge is -2.07. The van der Waals surface area contributed by atoms with Crippen LogP contribution in [0.3, 0.4) is 0 Å². The molecule has 0 aromatic carbocycles. The Morgan fingerprint density at radius 3 is 3.00 bits per heavy atom. The molecule has 0 spiro atoms. The van der Waals surface area contributed by atoms with E-state index in [-0.39, 0.29) is 0 Å². The smallest absolute Gasteiger partial charge is 0.0573 e. The summed E-state index contributed by atoms with van der Waals surface area (Å²) in [5, 5.41) is 5.54. The Hall–Kier alpha value is -0.710. The van der Waals surface area contributed by atoms with Gasteiger partial charge in [0.2, 0.25) is 0 Å². The zero-order valence-corrected chi connectivity index (χ0v) is 12.1. The van der Waals surface area contributed by atoms with Crippen LogP contribution in [-0.4, -0.2) is 4.98 Å². The Morgan fingerprint density at radius 1 is 1.41 bits per heavy atom. The summed E-state index contributed by atoms with van der Waals surface area (Å²) in [6.07, 6.45) is 2.90. The van der Waals surface area contributed by atoms with Gasteiger partial charge in [0.05, 0.1) is 5.69 Å². The van der Waals surface area contributed by atoms with Crippen LogP contribution in [0.25, 0.3) is 0 Å². The van der Waals surface area contributed by atoms with Gasteiger partial charge in [0.15, 0.2) is 0 Å². The molecule has 2 aromatic rings. The van der Waals surface area contributed by atoms with Gasteiger partial charge in [0, 0.05) is 34.0 Å². The van der Waals surface area contributed by atoms with Gasteiger partial charge in [0.1, 0.15) is 0 Å². The van der Waals surface area contributed by atoms with Crippen molar-refractivity contribution in [1.29, 1.82) is 0 Å². The van der Waals surface area contributed by atoms with Crippen LogP contribution in [0.5, 0.6) is 0 Å². The fraction of sp³-hybridized carbons (Fsp3) is 0.308. The molecule has 0 unspecified atom stereocenters. The molecular formula is C13H15BrN2S. The highest BCUT2D eigenvalue weighted by Crippen LogP contribution is 2.19. The Morgan fingerprint density at radius 2 is 2.29 bits per heavy atom. The summed E-state index contributed by atoms with van der Waals surface area (Å²) < 4.78 is 1.16. The lowest BCUT2D eigenvalue weighted by atomic mass is 10.1. The van der Waals surface area contributed by atoms with E-state index in [2.05, 4.69) is 50.7 Å². The predicted octanol–water partition coefficient (Wildman–Crippen LogP) is 3.76. The van der Waals surface area contributed by atoms with E-state index in [0.29, 0.717) is 0 Å². The first kappa shape index (κ1) is 12.7. The minimum atomic E-state index is 0.833. The van der Waals surface area contributed by atoms with Crippen LogP contribution in [0.1, 0.15) is 23.1 Å². The molecule has 0 atom stereocenters. The van der Waals surface area contributed by atoms with E-state index >= 15 is 0 Å². The van der Waals surface area contributed by atoms with Crippen LogP contribution in [-0.2, 0) is 19.5 Å². The molecule has 2 rings (SSSR count). The number of hydrogen-bond donors (Lipinski definition) is 1. The highest BCUT2D eigenvalue weighted by Gasteiger charge is 2.02. The number of nitrogens with zero attached hydrogens (tertiary/aromatic N) is 1. The van der Waals surface area contributed by atoms with Gasteiger partial charge in [-0.25, -0.2) is 0 Å². The molecule has 0 amide bonds. The minimum Gasteiger partial charge on any atom is -0.306 e. The topological polar surface area (TPSA) is 24.9 Å². The van der Waals surface area contributed by atoms with Gasteiger partial charge in [-0.2, -0.15) is 0 Å². The molecule has 0 saturated carbocycles. The Balaban J connectivity index is 1.89. The Bertz CT molecular complexity index is 482.